The Balaban J connectivity index is 1.41. The Kier molecular flexibility index (Phi) is 7.43. The summed E-state index contributed by atoms with van der Waals surface area (Å²) in [5, 5.41) is 12.7. The Morgan fingerprint density at radius 1 is 1.44 bits per heavy atom. The summed E-state index contributed by atoms with van der Waals surface area (Å²) in [5.41, 5.74) is 7.50. The van der Waals surface area contributed by atoms with Crippen molar-refractivity contribution >= 4 is 23.8 Å². The predicted molar refractivity (Wildman–Crippen MR) is 132 cm³/mol. The number of amides is 3. The van der Waals surface area contributed by atoms with E-state index in [0.29, 0.717) is 35.2 Å². The van der Waals surface area contributed by atoms with Gasteiger partial charge in [0.25, 0.3) is 0 Å². The van der Waals surface area contributed by atoms with Crippen molar-refractivity contribution in [3.63, 3.8) is 0 Å². The molecule has 0 saturated carbocycles. The third-order valence-corrected chi connectivity index (χ3v) is 5.99. The number of aliphatic imine (C=N–C) groups is 1. The van der Waals surface area contributed by atoms with E-state index in [4.69, 9.17) is 10.5 Å². The van der Waals surface area contributed by atoms with Gasteiger partial charge in [-0.25, -0.2) is 14.8 Å². The van der Waals surface area contributed by atoms with Crippen LogP contribution < -0.4 is 16.0 Å². The van der Waals surface area contributed by atoms with Crippen LogP contribution in [0.3, 0.4) is 0 Å². The summed E-state index contributed by atoms with van der Waals surface area (Å²) in [4.78, 5) is 34.5. The lowest BCUT2D eigenvalue weighted by Crippen LogP contribution is -2.48. The number of hydrogen-bond donors (Lipinski definition) is 3. The van der Waals surface area contributed by atoms with Crippen molar-refractivity contribution in [2.24, 2.45) is 10.7 Å². The highest BCUT2D eigenvalue weighted by Crippen LogP contribution is 2.27. The van der Waals surface area contributed by atoms with Crippen molar-refractivity contribution in [3.8, 4) is 11.8 Å². The van der Waals surface area contributed by atoms with Crippen LogP contribution in [0.2, 0.25) is 0 Å². The maximum atomic E-state index is 13.8. The molecule has 4 N–H and O–H groups in total. The zero-order valence-electron chi connectivity index (χ0n) is 19.7. The number of allylic oxidation sites excluding steroid dienone is 1. The van der Waals surface area contributed by atoms with Gasteiger partial charge in [0.05, 0.1) is 13.2 Å². The van der Waals surface area contributed by atoms with E-state index in [9.17, 15) is 19.1 Å². The minimum absolute atomic E-state index is 0.114. The highest BCUT2D eigenvalue weighted by molar-refractivity contribution is 6.01. The van der Waals surface area contributed by atoms with Crippen molar-refractivity contribution in [1.82, 2.24) is 10.3 Å². The molecular formula is C26H26FN5O4. The molecule has 2 aromatic rings. The number of halogens is 1. The summed E-state index contributed by atoms with van der Waals surface area (Å²) in [6.45, 7) is 0.353. The summed E-state index contributed by atoms with van der Waals surface area (Å²) in [6.07, 6.45) is 4.88. The third kappa shape index (κ3) is 5.76. The van der Waals surface area contributed by atoms with Gasteiger partial charge >= 0.3 is 6.03 Å². The molecule has 0 bridgehead atoms. The number of aromatic nitrogens is 1. The van der Waals surface area contributed by atoms with Crippen LogP contribution in [0.1, 0.15) is 23.1 Å². The first kappa shape index (κ1) is 25.0. The van der Waals surface area contributed by atoms with Crippen LogP contribution in [0.4, 0.5) is 14.9 Å². The van der Waals surface area contributed by atoms with E-state index in [1.807, 2.05) is 12.1 Å². The number of likely N-dealkylation sites (N-methyl/N-ethyl adjacent to an activating group) is 1. The predicted octanol–water partition coefficient (Wildman–Crippen LogP) is 1.48. The number of fused-ring (bicyclic) bond motifs is 1. The molecule has 1 aromatic carbocycles. The topological polar surface area (TPSA) is 130 Å². The molecule has 3 heterocycles. The molecule has 9 nitrogen and oxygen atoms in total. The Morgan fingerprint density at radius 2 is 2.25 bits per heavy atom. The van der Waals surface area contributed by atoms with E-state index in [1.165, 1.54) is 23.5 Å². The maximum Gasteiger partial charge on any atom is 0.341 e. The SMILES string of the molecule is CN1C(=O)[C@@H](NC(=O)N=CC(=CN)Cc2cccnc2F)CCc2ccc(C#CC3(O)COC3)cc21. The Labute approximate surface area is 207 Å². The van der Waals surface area contributed by atoms with Crippen molar-refractivity contribution in [2.75, 3.05) is 25.2 Å². The van der Waals surface area contributed by atoms with Crippen molar-refractivity contribution in [1.29, 1.82) is 0 Å². The maximum absolute atomic E-state index is 13.8. The van der Waals surface area contributed by atoms with E-state index >= 15 is 0 Å². The highest BCUT2D eigenvalue weighted by atomic mass is 19.1. The van der Waals surface area contributed by atoms with Gasteiger partial charge in [0.15, 0.2) is 5.60 Å². The standard InChI is InChI=1S/C26H26FN5O4/c1-32-22-12-17(8-9-26(35)15-36-16-26)4-5-19(22)6-7-21(24(32)33)31-25(34)30-14-18(13-28)11-20-3-2-10-29-23(20)27/h2-5,10,12-14,21,35H,6-7,11,15-16,28H2,1H3,(H,31,34)/t21-/m0/s1. The third-order valence-electron chi connectivity index (χ3n) is 5.99. The molecule has 1 fully saturated rings. The average molecular weight is 492 g/mol. The Hall–Kier alpha value is -4.07. The van der Waals surface area contributed by atoms with E-state index in [1.54, 1.807) is 25.2 Å². The number of pyridine rings is 1. The zero-order valence-corrected chi connectivity index (χ0v) is 19.7. The number of nitrogens with two attached hydrogens (primary N) is 1. The highest BCUT2D eigenvalue weighted by Gasteiger charge is 2.34. The van der Waals surface area contributed by atoms with Gasteiger partial charge in [-0.05, 0) is 48.4 Å². The summed E-state index contributed by atoms with van der Waals surface area (Å²) in [6, 6.07) is 7.20. The summed E-state index contributed by atoms with van der Waals surface area (Å²) in [5.74, 6) is 4.83. The molecule has 0 radical (unpaired) electrons. The van der Waals surface area contributed by atoms with Crippen LogP contribution in [0, 0.1) is 17.8 Å². The molecule has 0 spiro atoms. The molecule has 1 saturated heterocycles. The van der Waals surface area contributed by atoms with Gasteiger partial charge in [0.2, 0.25) is 11.9 Å². The molecule has 1 aromatic heterocycles. The first-order valence-electron chi connectivity index (χ1n) is 11.4. The quantitative estimate of drug-likeness (QED) is 0.337. The average Bonchev–Trinajstić information content (AvgIpc) is 2.97. The fraction of sp³-hybridized carbons (Fsp3) is 0.308. The molecule has 4 rings (SSSR count). The van der Waals surface area contributed by atoms with E-state index in [0.717, 1.165) is 5.56 Å². The number of nitrogens with zero attached hydrogens (tertiary/aromatic N) is 3. The van der Waals surface area contributed by atoms with Gasteiger partial charge in [-0.3, -0.25) is 4.79 Å². The molecule has 36 heavy (non-hydrogen) atoms. The number of carbonyl (C=O) groups is 2. The number of aryl methyl sites for hydroxylation is 1. The van der Waals surface area contributed by atoms with Crippen LogP contribution in [0.15, 0.2) is 53.3 Å². The number of carbonyl (C=O) groups excluding carboxylic acids is 2. The van der Waals surface area contributed by atoms with Crippen LogP contribution in [-0.4, -0.2) is 60.1 Å². The van der Waals surface area contributed by atoms with Crippen molar-refractivity contribution in [3.05, 3.63) is 70.9 Å². The number of rotatable bonds is 4. The normalized spacial score (nSPS) is 19.1. The molecule has 186 valence electrons. The molecule has 0 unspecified atom stereocenters. The molecule has 1 atom stereocenters. The first-order valence-corrected chi connectivity index (χ1v) is 11.4. The lowest BCUT2D eigenvalue weighted by molar-refractivity contribution is -0.140. The van der Waals surface area contributed by atoms with Gasteiger partial charge in [0, 0.05) is 42.7 Å². The first-order chi connectivity index (χ1) is 17.3. The number of benzene rings is 1. The molecule has 2 aliphatic rings. The molecule has 10 heteroatoms. The molecule has 2 aliphatic heterocycles. The summed E-state index contributed by atoms with van der Waals surface area (Å²) in [7, 11) is 1.64. The second-order valence-corrected chi connectivity index (χ2v) is 8.69. The zero-order chi connectivity index (χ0) is 25.7. The monoisotopic (exact) mass is 491 g/mol. The van der Waals surface area contributed by atoms with E-state index in [-0.39, 0.29) is 25.5 Å². The molecule has 3 amide bonds. The van der Waals surface area contributed by atoms with Crippen LogP contribution in [0.25, 0.3) is 0 Å². The van der Waals surface area contributed by atoms with Gasteiger partial charge in [-0.15, -0.1) is 0 Å². The van der Waals surface area contributed by atoms with Gasteiger partial charge in [-0.2, -0.15) is 4.39 Å². The smallest absolute Gasteiger partial charge is 0.341 e. The number of nitrogens with one attached hydrogen (secondary N) is 1. The summed E-state index contributed by atoms with van der Waals surface area (Å²) >= 11 is 0. The Bertz CT molecular complexity index is 1290. The number of ether oxygens (including phenoxy) is 1. The van der Waals surface area contributed by atoms with Crippen LogP contribution >= 0.6 is 0 Å². The second-order valence-electron chi connectivity index (χ2n) is 8.69. The molecular weight excluding hydrogens is 465 g/mol. The number of aliphatic hydroxyl groups is 1. The van der Waals surface area contributed by atoms with Crippen LogP contribution in [0.5, 0.6) is 0 Å². The van der Waals surface area contributed by atoms with Crippen LogP contribution in [-0.2, 0) is 22.4 Å². The largest absolute Gasteiger partial charge is 0.404 e. The number of anilines is 1. The van der Waals surface area contributed by atoms with E-state index in [2.05, 4.69) is 27.1 Å². The van der Waals surface area contributed by atoms with Crippen molar-refractivity contribution < 1.29 is 23.8 Å². The van der Waals surface area contributed by atoms with Gasteiger partial charge < -0.3 is 25.8 Å². The van der Waals surface area contributed by atoms with E-state index < -0.39 is 23.6 Å². The fourth-order valence-electron chi connectivity index (χ4n) is 3.88. The minimum atomic E-state index is -1.13. The van der Waals surface area contributed by atoms with Crippen molar-refractivity contribution in [2.45, 2.75) is 30.9 Å². The lowest BCUT2D eigenvalue weighted by Gasteiger charge is -2.30. The summed E-state index contributed by atoms with van der Waals surface area (Å²) < 4.78 is 18.8. The Morgan fingerprint density at radius 3 is 2.94 bits per heavy atom. The minimum Gasteiger partial charge on any atom is -0.404 e. The fourth-order valence-corrected chi connectivity index (χ4v) is 3.88. The number of hydrogen-bond acceptors (Lipinski definition) is 6. The van der Waals surface area contributed by atoms with Gasteiger partial charge in [-0.1, -0.05) is 24.0 Å². The van der Waals surface area contributed by atoms with Gasteiger partial charge in [0.1, 0.15) is 6.04 Å². The second kappa shape index (κ2) is 10.7. The molecule has 0 aliphatic carbocycles. The lowest BCUT2D eigenvalue weighted by atomic mass is 10.0. The number of urea groups is 1.